The normalized spacial score (nSPS) is 12.8. The minimum Gasteiger partial charge on any atom is -0.305 e. The van der Waals surface area contributed by atoms with Gasteiger partial charge in [0.25, 0.3) is 0 Å². The maximum Gasteiger partial charge on any atom is 0.110 e. The second kappa shape index (κ2) is 4.38. The first-order valence-electron chi connectivity index (χ1n) is 4.00. The maximum absolute atomic E-state index is 4.39. The quantitative estimate of drug-likeness (QED) is 0.723. The van der Waals surface area contributed by atoms with Crippen LogP contribution in [-0.4, -0.2) is 11.5 Å². The van der Waals surface area contributed by atoms with Crippen molar-refractivity contribution in [1.29, 1.82) is 0 Å². The van der Waals surface area contributed by atoms with Crippen molar-refractivity contribution in [1.82, 2.24) is 10.3 Å². The van der Waals surface area contributed by atoms with Gasteiger partial charge in [-0.25, -0.2) is 4.98 Å². The van der Waals surface area contributed by atoms with Gasteiger partial charge in [-0.05, 0) is 13.8 Å². The molecule has 66 valence electrons. The van der Waals surface area contributed by atoms with Crippen molar-refractivity contribution in [3.05, 3.63) is 28.7 Å². The first-order valence-corrected chi connectivity index (χ1v) is 4.88. The SMILES string of the molecule is C=CCNC(C)c1nc(C)cs1. The van der Waals surface area contributed by atoms with Crippen molar-refractivity contribution in [2.45, 2.75) is 19.9 Å². The number of hydrogen-bond donors (Lipinski definition) is 1. The van der Waals surface area contributed by atoms with Crippen LogP contribution in [0.3, 0.4) is 0 Å². The standard InChI is InChI=1S/C9H14N2S/c1-4-5-10-8(3)9-11-7(2)6-12-9/h4,6,8,10H,1,5H2,2-3H3. The molecule has 2 nitrogen and oxygen atoms in total. The number of hydrogen-bond acceptors (Lipinski definition) is 3. The predicted octanol–water partition coefficient (Wildman–Crippen LogP) is 2.29. The summed E-state index contributed by atoms with van der Waals surface area (Å²) in [5.41, 5.74) is 1.10. The molecule has 1 aromatic rings. The molecule has 1 rings (SSSR count). The van der Waals surface area contributed by atoms with Gasteiger partial charge in [-0.2, -0.15) is 0 Å². The van der Waals surface area contributed by atoms with Crippen LogP contribution in [0.4, 0.5) is 0 Å². The zero-order valence-electron chi connectivity index (χ0n) is 7.50. The molecule has 0 bridgehead atoms. The van der Waals surface area contributed by atoms with Crippen molar-refractivity contribution >= 4 is 11.3 Å². The molecular formula is C9H14N2S. The molecule has 0 spiro atoms. The summed E-state index contributed by atoms with van der Waals surface area (Å²) in [5.74, 6) is 0. The molecule has 1 atom stereocenters. The van der Waals surface area contributed by atoms with Crippen molar-refractivity contribution < 1.29 is 0 Å². The highest BCUT2D eigenvalue weighted by Gasteiger charge is 2.06. The lowest BCUT2D eigenvalue weighted by Crippen LogP contribution is -2.18. The van der Waals surface area contributed by atoms with Crippen LogP contribution in [0.1, 0.15) is 23.7 Å². The average molecular weight is 182 g/mol. The molecule has 1 unspecified atom stereocenters. The second-order valence-corrected chi connectivity index (χ2v) is 3.64. The van der Waals surface area contributed by atoms with E-state index in [2.05, 4.69) is 29.2 Å². The molecule has 0 saturated carbocycles. The van der Waals surface area contributed by atoms with Crippen LogP contribution in [0.2, 0.25) is 0 Å². The summed E-state index contributed by atoms with van der Waals surface area (Å²) >= 11 is 1.70. The summed E-state index contributed by atoms with van der Waals surface area (Å²) in [6, 6.07) is 0.335. The Balaban J connectivity index is 2.52. The van der Waals surface area contributed by atoms with Crippen molar-refractivity contribution in [2.75, 3.05) is 6.54 Å². The van der Waals surface area contributed by atoms with Crippen LogP contribution in [0.5, 0.6) is 0 Å². The molecule has 1 aromatic heterocycles. The van der Waals surface area contributed by atoms with Gasteiger partial charge in [0.05, 0.1) is 6.04 Å². The Morgan fingerprint density at radius 1 is 1.83 bits per heavy atom. The van der Waals surface area contributed by atoms with Crippen LogP contribution in [-0.2, 0) is 0 Å². The first-order chi connectivity index (χ1) is 5.74. The molecule has 1 N–H and O–H groups in total. The third-order valence-electron chi connectivity index (χ3n) is 1.58. The van der Waals surface area contributed by atoms with E-state index in [1.165, 1.54) is 0 Å². The van der Waals surface area contributed by atoms with E-state index < -0.39 is 0 Å². The average Bonchev–Trinajstić information content (AvgIpc) is 2.47. The highest BCUT2D eigenvalue weighted by Crippen LogP contribution is 2.16. The summed E-state index contributed by atoms with van der Waals surface area (Å²) < 4.78 is 0. The van der Waals surface area contributed by atoms with Crippen LogP contribution in [0.25, 0.3) is 0 Å². The van der Waals surface area contributed by atoms with Gasteiger partial charge in [-0.3, -0.25) is 0 Å². The molecule has 12 heavy (non-hydrogen) atoms. The van der Waals surface area contributed by atoms with Crippen LogP contribution in [0.15, 0.2) is 18.0 Å². The van der Waals surface area contributed by atoms with Crippen LogP contribution < -0.4 is 5.32 Å². The summed E-state index contributed by atoms with van der Waals surface area (Å²) in [5, 5.41) is 6.51. The van der Waals surface area contributed by atoms with E-state index in [1.807, 2.05) is 13.0 Å². The van der Waals surface area contributed by atoms with Gasteiger partial charge in [0.2, 0.25) is 0 Å². The molecular weight excluding hydrogens is 168 g/mol. The lowest BCUT2D eigenvalue weighted by Gasteiger charge is -2.07. The van der Waals surface area contributed by atoms with Crippen molar-refractivity contribution in [3.63, 3.8) is 0 Å². The summed E-state index contributed by atoms with van der Waals surface area (Å²) in [7, 11) is 0. The smallest absolute Gasteiger partial charge is 0.110 e. The Kier molecular flexibility index (Phi) is 3.44. The van der Waals surface area contributed by atoms with E-state index in [-0.39, 0.29) is 0 Å². The Morgan fingerprint density at radius 2 is 2.58 bits per heavy atom. The molecule has 0 amide bonds. The monoisotopic (exact) mass is 182 g/mol. The maximum atomic E-state index is 4.39. The third-order valence-corrected chi connectivity index (χ3v) is 2.72. The van der Waals surface area contributed by atoms with E-state index >= 15 is 0 Å². The Bertz CT molecular complexity index is 255. The van der Waals surface area contributed by atoms with Gasteiger partial charge in [0, 0.05) is 17.6 Å². The predicted molar refractivity (Wildman–Crippen MR) is 53.5 cm³/mol. The summed E-state index contributed by atoms with van der Waals surface area (Å²) in [6.45, 7) is 8.61. The molecule has 0 saturated heterocycles. The number of aromatic nitrogens is 1. The zero-order valence-corrected chi connectivity index (χ0v) is 8.32. The number of aryl methyl sites for hydroxylation is 1. The molecule has 0 aliphatic heterocycles. The van der Waals surface area contributed by atoms with E-state index in [0.29, 0.717) is 6.04 Å². The van der Waals surface area contributed by atoms with Crippen LogP contribution in [0, 0.1) is 6.92 Å². The minimum absolute atomic E-state index is 0.335. The molecule has 0 aliphatic carbocycles. The van der Waals surface area contributed by atoms with E-state index in [9.17, 15) is 0 Å². The molecule has 0 aliphatic rings. The lowest BCUT2D eigenvalue weighted by molar-refractivity contribution is 0.613. The fourth-order valence-corrected chi connectivity index (χ4v) is 1.75. The zero-order chi connectivity index (χ0) is 8.97. The van der Waals surface area contributed by atoms with E-state index in [4.69, 9.17) is 0 Å². The lowest BCUT2D eigenvalue weighted by atomic mass is 10.3. The molecule has 0 radical (unpaired) electrons. The van der Waals surface area contributed by atoms with Gasteiger partial charge in [0.15, 0.2) is 0 Å². The van der Waals surface area contributed by atoms with Gasteiger partial charge >= 0.3 is 0 Å². The molecule has 0 fully saturated rings. The summed E-state index contributed by atoms with van der Waals surface area (Å²) in [6.07, 6.45) is 1.86. The number of thiazole rings is 1. The molecule has 1 heterocycles. The highest BCUT2D eigenvalue weighted by molar-refractivity contribution is 7.09. The minimum atomic E-state index is 0.335. The Labute approximate surface area is 77.3 Å². The van der Waals surface area contributed by atoms with Gasteiger partial charge in [-0.1, -0.05) is 6.08 Å². The first kappa shape index (κ1) is 9.42. The third kappa shape index (κ3) is 2.43. The van der Waals surface area contributed by atoms with Crippen LogP contribution >= 0.6 is 11.3 Å². The number of nitrogens with zero attached hydrogens (tertiary/aromatic N) is 1. The fourth-order valence-electron chi connectivity index (χ4n) is 0.918. The largest absolute Gasteiger partial charge is 0.305 e. The van der Waals surface area contributed by atoms with E-state index in [1.54, 1.807) is 11.3 Å². The Hall–Kier alpha value is -0.670. The van der Waals surface area contributed by atoms with Gasteiger partial charge in [0.1, 0.15) is 5.01 Å². The summed E-state index contributed by atoms with van der Waals surface area (Å²) in [4.78, 5) is 4.39. The van der Waals surface area contributed by atoms with E-state index in [0.717, 1.165) is 17.2 Å². The number of rotatable bonds is 4. The topological polar surface area (TPSA) is 24.9 Å². The number of nitrogens with one attached hydrogen (secondary N) is 1. The fraction of sp³-hybridized carbons (Fsp3) is 0.444. The second-order valence-electron chi connectivity index (χ2n) is 2.75. The highest BCUT2D eigenvalue weighted by atomic mass is 32.1. The molecule has 3 heteroatoms. The Morgan fingerprint density at radius 3 is 3.08 bits per heavy atom. The van der Waals surface area contributed by atoms with Crippen molar-refractivity contribution in [3.8, 4) is 0 Å². The molecule has 0 aromatic carbocycles. The van der Waals surface area contributed by atoms with Gasteiger partial charge < -0.3 is 5.32 Å². The van der Waals surface area contributed by atoms with Gasteiger partial charge in [-0.15, -0.1) is 17.9 Å². The van der Waals surface area contributed by atoms with Crippen molar-refractivity contribution in [2.24, 2.45) is 0 Å².